The molecule has 0 fully saturated rings. The molecule has 0 aliphatic heterocycles. The van der Waals surface area contributed by atoms with Crippen LogP contribution in [0.25, 0.3) is 0 Å². The molecule has 0 aliphatic carbocycles. The van der Waals surface area contributed by atoms with Gasteiger partial charge in [-0.25, -0.2) is 0 Å². The zero-order valence-corrected chi connectivity index (χ0v) is 12.5. The van der Waals surface area contributed by atoms with E-state index < -0.39 is 0 Å². The number of hydrogen-bond acceptors (Lipinski definition) is 2. The summed E-state index contributed by atoms with van der Waals surface area (Å²) < 4.78 is 6.03. The van der Waals surface area contributed by atoms with Crippen molar-refractivity contribution in [3.8, 4) is 0 Å². The van der Waals surface area contributed by atoms with E-state index in [4.69, 9.17) is 17.0 Å². The van der Waals surface area contributed by atoms with E-state index in [1.807, 2.05) is 12.1 Å². The van der Waals surface area contributed by atoms with Gasteiger partial charge in [0.25, 0.3) is 0 Å². The Balaban J connectivity index is 2.58. The second-order valence-corrected chi connectivity index (χ2v) is 4.85. The SMILES string of the molecule is CCc1cc(Br)ccc1NC(=S)NCCOC. The van der Waals surface area contributed by atoms with Gasteiger partial charge in [-0.15, -0.1) is 0 Å². The molecule has 1 rings (SSSR count). The molecule has 2 N–H and O–H groups in total. The normalized spacial score (nSPS) is 10.1. The first kappa shape index (κ1) is 14.4. The Bertz CT molecular complexity index is 385. The van der Waals surface area contributed by atoms with Gasteiger partial charge in [-0.05, 0) is 42.4 Å². The van der Waals surface area contributed by atoms with Crippen LogP contribution in [0.2, 0.25) is 0 Å². The Morgan fingerprint density at radius 1 is 1.47 bits per heavy atom. The average molecular weight is 317 g/mol. The minimum atomic E-state index is 0.624. The quantitative estimate of drug-likeness (QED) is 0.646. The number of nitrogens with one attached hydrogen (secondary N) is 2. The predicted octanol–water partition coefficient (Wildman–Crippen LogP) is 2.94. The Morgan fingerprint density at radius 3 is 2.88 bits per heavy atom. The summed E-state index contributed by atoms with van der Waals surface area (Å²) in [5.41, 5.74) is 2.28. The second-order valence-electron chi connectivity index (χ2n) is 3.53. The van der Waals surface area contributed by atoms with Crippen LogP contribution in [0.4, 0.5) is 5.69 Å². The first-order chi connectivity index (χ1) is 8.17. The van der Waals surface area contributed by atoms with E-state index in [0.29, 0.717) is 18.3 Å². The van der Waals surface area contributed by atoms with Gasteiger partial charge in [-0.3, -0.25) is 0 Å². The van der Waals surface area contributed by atoms with E-state index in [-0.39, 0.29) is 0 Å². The zero-order chi connectivity index (χ0) is 12.7. The number of ether oxygens (including phenoxy) is 1. The highest BCUT2D eigenvalue weighted by Crippen LogP contribution is 2.21. The second kappa shape index (κ2) is 7.63. The summed E-state index contributed by atoms with van der Waals surface area (Å²) in [5, 5.41) is 6.90. The van der Waals surface area contributed by atoms with Crippen molar-refractivity contribution < 1.29 is 4.74 Å². The first-order valence-corrected chi connectivity index (χ1v) is 6.69. The molecular formula is C12H17BrN2OS. The molecule has 1 aromatic carbocycles. The molecule has 94 valence electrons. The molecule has 0 amide bonds. The summed E-state index contributed by atoms with van der Waals surface area (Å²) >= 11 is 8.66. The molecule has 0 aliphatic rings. The average Bonchev–Trinajstić information content (AvgIpc) is 2.32. The number of methoxy groups -OCH3 is 1. The Kier molecular flexibility index (Phi) is 6.47. The Morgan fingerprint density at radius 2 is 2.24 bits per heavy atom. The number of anilines is 1. The summed E-state index contributed by atoms with van der Waals surface area (Å²) in [6.45, 7) is 3.47. The van der Waals surface area contributed by atoms with Crippen LogP contribution in [-0.2, 0) is 11.2 Å². The van der Waals surface area contributed by atoms with Gasteiger partial charge >= 0.3 is 0 Å². The topological polar surface area (TPSA) is 33.3 Å². The monoisotopic (exact) mass is 316 g/mol. The van der Waals surface area contributed by atoms with E-state index in [0.717, 1.165) is 16.6 Å². The van der Waals surface area contributed by atoms with Crippen LogP contribution in [0.5, 0.6) is 0 Å². The molecule has 17 heavy (non-hydrogen) atoms. The lowest BCUT2D eigenvalue weighted by molar-refractivity contribution is 0.204. The van der Waals surface area contributed by atoms with E-state index in [2.05, 4.69) is 39.6 Å². The molecule has 0 heterocycles. The summed E-state index contributed by atoms with van der Waals surface area (Å²) in [4.78, 5) is 0. The molecule has 0 bridgehead atoms. The van der Waals surface area contributed by atoms with Gasteiger partial charge in [0, 0.05) is 23.8 Å². The minimum absolute atomic E-state index is 0.624. The van der Waals surface area contributed by atoms with Gasteiger partial charge in [-0.2, -0.15) is 0 Å². The van der Waals surface area contributed by atoms with Crippen LogP contribution >= 0.6 is 28.1 Å². The van der Waals surface area contributed by atoms with Crippen molar-refractivity contribution in [3.63, 3.8) is 0 Å². The molecule has 0 spiro atoms. The zero-order valence-electron chi connectivity index (χ0n) is 10.0. The van der Waals surface area contributed by atoms with E-state index in [9.17, 15) is 0 Å². The highest BCUT2D eigenvalue weighted by atomic mass is 79.9. The third kappa shape index (κ3) is 5.02. The molecule has 5 heteroatoms. The lowest BCUT2D eigenvalue weighted by Crippen LogP contribution is -2.31. The van der Waals surface area contributed by atoms with Crippen molar-refractivity contribution in [2.45, 2.75) is 13.3 Å². The van der Waals surface area contributed by atoms with E-state index >= 15 is 0 Å². The van der Waals surface area contributed by atoms with E-state index in [1.54, 1.807) is 7.11 Å². The number of benzene rings is 1. The fraction of sp³-hybridized carbons (Fsp3) is 0.417. The van der Waals surface area contributed by atoms with Gasteiger partial charge < -0.3 is 15.4 Å². The van der Waals surface area contributed by atoms with Crippen LogP contribution in [0.1, 0.15) is 12.5 Å². The van der Waals surface area contributed by atoms with Gasteiger partial charge in [0.15, 0.2) is 5.11 Å². The molecule has 0 saturated carbocycles. The highest BCUT2D eigenvalue weighted by molar-refractivity contribution is 9.10. The van der Waals surface area contributed by atoms with E-state index in [1.165, 1.54) is 5.56 Å². The molecule has 0 unspecified atom stereocenters. The standard InChI is InChI=1S/C12H17BrN2OS/c1-3-9-8-10(13)4-5-11(9)15-12(17)14-6-7-16-2/h4-5,8H,3,6-7H2,1-2H3,(H2,14,15,17). The molecule has 0 atom stereocenters. The fourth-order valence-electron chi connectivity index (χ4n) is 1.41. The third-order valence-corrected chi connectivity index (χ3v) is 3.03. The first-order valence-electron chi connectivity index (χ1n) is 5.49. The Hall–Kier alpha value is -0.650. The number of thiocarbonyl (C=S) groups is 1. The van der Waals surface area contributed by atoms with Crippen LogP contribution in [-0.4, -0.2) is 25.4 Å². The van der Waals surface area contributed by atoms with Crippen LogP contribution < -0.4 is 10.6 Å². The smallest absolute Gasteiger partial charge is 0.170 e. The van der Waals surface area contributed by atoms with Crippen molar-refractivity contribution in [1.82, 2.24) is 5.32 Å². The molecular weight excluding hydrogens is 300 g/mol. The number of halogens is 1. The largest absolute Gasteiger partial charge is 0.383 e. The predicted molar refractivity (Wildman–Crippen MR) is 79.6 cm³/mol. The summed E-state index contributed by atoms with van der Waals surface area (Å²) in [7, 11) is 1.67. The summed E-state index contributed by atoms with van der Waals surface area (Å²) in [6.07, 6.45) is 0.961. The fourth-order valence-corrected chi connectivity index (χ4v) is 2.03. The van der Waals surface area contributed by atoms with Crippen LogP contribution in [0.3, 0.4) is 0 Å². The Labute approximate surface area is 116 Å². The van der Waals surface area contributed by atoms with Crippen molar-refractivity contribution in [2.75, 3.05) is 25.6 Å². The van der Waals surface area contributed by atoms with Gasteiger partial charge in [0.1, 0.15) is 0 Å². The van der Waals surface area contributed by atoms with Crippen molar-refractivity contribution in [1.29, 1.82) is 0 Å². The van der Waals surface area contributed by atoms with Crippen molar-refractivity contribution in [2.24, 2.45) is 0 Å². The summed E-state index contributed by atoms with van der Waals surface area (Å²) in [5.74, 6) is 0. The number of hydrogen-bond donors (Lipinski definition) is 2. The minimum Gasteiger partial charge on any atom is -0.383 e. The lowest BCUT2D eigenvalue weighted by atomic mass is 10.1. The maximum absolute atomic E-state index is 5.20. The molecule has 1 aromatic rings. The highest BCUT2D eigenvalue weighted by Gasteiger charge is 2.03. The molecule has 3 nitrogen and oxygen atoms in total. The molecule has 0 saturated heterocycles. The number of rotatable bonds is 5. The van der Waals surface area contributed by atoms with Crippen LogP contribution in [0.15, 0.2) is 22.7 Å². The van der Waals surface area contributed by atoms with Crippen molar-refractivity contribution >= 4 is 38.9 Å². The maximum atomic E-state index is 5.20. The molecule has 0 aromatic heterocycles. The van der Waals surface area contributed by atoms with Crippen molar-refractivity contribution in [3.05, 3.63) is 28.2 Å². The lowest BCUT2D eigenvalue weighted by Gasteiger charge is -2.13. The summed E-state index contributed by atoms with van der Waals surface area (Å²) in [6, 6.07) is 6.12. The van der Waals surface area contributed by atoms with Gasteiger partial charge in [0.2, 0.25) is 0 Å². The van der Waals surface area contributed by atoms with Gasteiger partial charge in [-0.1, -0.05) is 22.9 Å². The molecule has 0 radical (unpaired) electrons. The van der Waals surface area contributed by atoms with Gasteiger partial charge in [0.05, 0.1) is 6.61 Å². The van der Waals surface area contributed by atoms with Crippen LogP contribution in [0, 0.1) is 0 Å². The number of aryl methyl sites for hydroxylation is 1. The third-order valence-electron chi connectivity index (χ3n) is 2.29. The maximum Gasteiger partial charge on any atom is 0.170 e.